The molecule has 0 aliphatic heterocycles. The molecule has 0 spiro atoms. The molecule has 4 aromatic rings. The Morgan fingerprint density at radius 3 is 2.42 bits per heavy atom. The van der Waals surface area contributed by atoms with Gasteiger partial charge >= 0.3 is 0 Å². The van der Waals surface area contributed by atoms with E-state index in [2.05, 4.69) is 14.9 Å². The summed E-state index contributed by atoms with van der Waals surface area (Å²) in [6.45, 7) is 0. The number of carbonyl (C=O) groups excluding carboxylic acids is 1. The van der Waals surface area contributed by atoms with E-state index >= 15 is 0 Å². The van der Waals surface area contributed by atoms with Crippen LogP contribution in [0.25, 0.3) is 16.9 Å². The van der Waals surface area contributed by atoms with Gasteiger partial charge in [0.1, 0.15) is 5.75 Å². The van der Waals surface area contributed by atoms with Crippen LogP contribution in [-0.2, 0) is 4.79 Å². The second kappa shape index (κ2) is 9.73. The van der Waals surface area contributed by atoms with Gasteiger partial charge in [0, 0.05) is 22.0 Å². The van der Waals surface area contributed by atoms with Gasteiger partial charge < -0.3 is 10.1 Å². The zero-order chi connectivity index (χ0) is 21.6. The molecule has 1 aromatic heterocycles. The van der Waals surface area contributed by atoms with Gasteiger partial charge in [-0.25, -0.2) is 4.98 Å². The molecule has 0 radical (unpaired) electrons. The lowest BCUT2D eigenvalue weighted by Gasteiger charge is -2.12. The number of hydrogen-bond acceptors (Lipinski definition) is 4. The number of para-hydroxylation sites is 1. The van der Waals surface area contributed by atoms with Gasteiger partial charge in [-0.15, -0.1) is 0 Å². The van der Waals surface area contributed by atoms with E-state index in [9.17, 15) is 4.79 Å². The molecule has 5 nitrogen and oxygen atoms in total. The zero-order valence-corrected chi connectivity index (χ0v) is 18.4. The zero-order valence-electron chi connectivity index (χ0n) is 16.8. The van der Waals surface area contributed by atoms with Crippen LogP contribution in [0, 0.1) is 0 Å². The quantitative estimate of drug-likeness (QED) is 0.355. The number of halogens is 1. The molecule has 0 saturated carbocycles. The monoisotopic (exact) mass is 449 g/mol. The van der Waals surface area contributed by atoms with Gasteiger partial charge in [0.2, 0.25) is 5.91 Å². The number of nitrogens with one attached hydrogen (secondary N) is 1. The first-order valence-corrected chi connectivity index (χ1v) is 11.0. The molecule has 0 saturated heterocycles. The lowest BCUT2D eigenvalue weighted by Crippen LogP contribution is -2.14. The van der Waals surface area contributed by atoms with E-state index in [0.29, 0.717) is 10.7 Å². The largest absolute Gasteiger partial charge is 0.497 e. The van der Waals surface area contributed by atoms with Gasteiger partial charge in [-0.1, -0.05) is 41.6 Å². The number of rotatable bonds is 7. The number of hydrogen-bond donors (Lipinski definition) is 1. The summed E-state index contributed by atoms with van der Waals surface area (Å²) in [6, 6.07) is 24.8. The van der Waals surface area contributed by atoms with E-state index in [1.54, 1.807) is 31.4 Å². The first-order chi connectivity index (χ1) is 15.1. The fraction of sp³-hybridized carbons (Fsp3) is 0.0833. The highest BCUT2D eigenvalue weighted by Crippen LogP contribution is 2.31. The molecule has 156 valence electrons. The smallest absolute Gasteiger partial charge is 0.234 e. The second-order valence-electron chi connectivity index (χ2n) is 6.67. The summed E-state index contributed by atoms with van der Waals surface area (Å²) in [5, 5.41) is 4.25. The van der Waals surface area contributed by atoms with E-state index in [1.165, 1.54) is 11.8 Å². The summed E-state index contributed by atoms with van der Waals surface area (Å²) in [7, 11) is 1.65. The van der Waals surface area contributed by atoms with E-state index in [-0.39, 0.29) is 11.7 Å². The number of thioether (sulfide) groups is 1. The molecule has 7 heteroatoms. The molecule has 4 rings (SSSR count). The third kappa shape index (κ3) is 5.10. The van der Waals surface area contributed by atoms with E-state index in [4.69, 9.17) is 16.3 Å². The number of nitrogens with zero attached hydrogens (tertiary/aromatic N) is 2. The second-order valence-corrected chi connectivity index (χ2v) is 8.05. The summed E-state index contributed by atoms with van der Waals surface area (Å²) in [5.74, 6) is 0.915. The number of methoxy groups -OCH3 is 1. The molecule has 3 aromatic carbocycles. The van der Waals surface area contributed by atoms with Gasteiger partial charge in [-0.05, 0) is 60.7 Å². The van der Waals surface area contributed by atoms with Crippen LogP contribution in [0.15, 0.2) is 90.2 Å². The standard InChI is InChI=1S/C24H20ClN3O2S/c1-30-21-13-7-17(8-14-21)22-15-26-24(28(22)20-5-3-2-4-6-20)31-16-23(29)27-19-11-9-18(25)10-12-19/h2-15H,16H2,1H3,(H,27,29). The number of ether oxygens (including phenoxy) is 1. The van der Waals surface area contributed by atoms with Crippen molar-refractivity contribution in [2.24, 2.45) is 0 Å². The van der Waals surface area contributed by atoms with Crippen LogP contribution in [0.4, 0.5) is 5.69 Å². The average molecular weight is 450 g/mol. The molecule has 0 bridgehead atoms. The van der Waals surface area contributed by atoms with E-state index < -0.39 is 0 Å². The van der Waals surface area contributed by atoms with Crippen molar-refractivity contribution in [1.29, 1.82) is 0 Å². The third-order valence-electron chi connectivity index (χ3n) is 4.59. The van der Waals surface area contributed by atoms with Crippen LogP contribution in [0.2, 0.25) is 5.02 Å². The SMILES string of the molecule is COc1ccc(-c2cnc(SCC(=O)Nc3ccc(Cl)cc3)n2-c2ccccc2)cc1. The molecule has 0 fully saturated rings. The summed E-state index contributed by atoms with van der Waals surface area (Å²) < 4.78 is 7.32. The van der Waals surface area contributed by atoms with Crippen molar-refractivity contribution >= 4 is 35.0 Å². The minimum Gasteiger partial charge on any atom is -0.497 e. The Hall–Kier alpha value is -3.22. The fourth-order valence-electron chi connectivity index (χ4n) is 3.09. The van der Waals surface area contributed by atoms with Crippen molar-refractivity contribution in [1.82, 2.24) is 9.55 Å². The summed E-state index contributed by atoms with van der Waals surface area (Å²) in [6.07, 6.45) is 1.83. The highest BCUT2D eigenvalue weighted by molar-refractivity contribution is 7.99. The summed E-state index contributed by atoms with van der Waals surface area (Å²) >= 11 is 7.28. The van der Waals surface area contributed by atoms with Crippen LogP contribution in [0.3, 0.4) is 0 Å². The topological polar surface area (TPSA) is 56.1 Å². The number of anilines is 1. The maximum absolute atomic E-state index is 12.4. The van der Waals surface area contributed by atoms with Crippen molar-refractivity contribution in [2.45, 2.75) is 5.16 Å². The Morgan fingerprint density at radius 2 is 1.74 bits per heavy atom. The number of amides is 1. The highest BCUT2D eigenvalue weighted by Gasteiger charge is 2.15. The number of benzene rings is 3. The minimum absolute atomic E-state index is 0.110. The molecule has 31 heavy (non-hydrogen) atoms. The van der Waals surface area contributed by atoms with Crippen LogP contribution < -0.4 is 10.1 Å². The van der Waals surface area contributed by atoms with Crippen molar-refractivity contribution in [3.05, 3.63) is 90.1 Å². The number of aromatic nitrogens is 2. The average Bonchev–Trinajstić information content (AvgIpc) is 3.24. The fourth-order valence-corrected chi connectivity index (χ4v) is 4.01. The first-order valence-electron chi connectivity index (χ1n) is 9.60. The summed E-state index contributed by atoms with van der Waals surface area (Å²) in [5.41, 5.74) is 3.64. The van der Waals surface area contributed by atoms with Gasteiger partial charge in [0.15, 0.2) is 5.16 Å². The molecular formula is C24H20ClN3O2S. The number of carbonyl (C=O) groups is 1. The van der Waals surface area contributed by atoms with Gasteiger partial charge in [0.25, 0.3) is 0 Å². The van der Waals surface area contributed by atoms with Crippen LogP contribution in [0.5, 0.6) is 5.75 Å². The molecule has 0 atom stereocenters. The van der Waals surface area contributed by atoms with Gasteiger partial charge in [-0.3, -0.25) is 9.36 Å². The lowest BCUT2D eigenvalue weighted by atomic mass is 10.1. The Morgan fingerprint density at radius 1 is 1.03 bits per heavy atom. The Balaban J connectivity index is 1.57. The van der Waals surface area contributed by atoms with Crippen molar-refractivity contribution < 1.29 is 9.53 Å². The van der Waals surface area contributed by atoms with Crippen LogP contribution in [-0.4, -0.2) is 28.3 Å². The third-order valence-corrected chi connectivity index (χ3v) is 5.79. The summed E-state index contributed by atoms with van der Waals surface area (Å²) in [4.78, 5) is 17.0. The molecule has 0 aliphatic rings. The molecule has 0 unspecified atom stereocenters. The molecule has 1 amide bonds. The Labute approximate surface area is 190 Å². The van der Waals surface area contributed by atoms with Gasteiger partial charge in [-0.2, -0.15) is 0 Å². The van der Waals surface area contributed by atoms with Crippen molar-refractivity contribution in [2.75, 3.05) is 18.2 Å². The van der Waals surface area contributed by atoms with Crippen molar-refractivity contribution in [3.8, 4) is 22.7 Å². The first kappa shape index (κ1) is 21.0. The number of imidazole rings is 1. The molecule has 1 heterocycles. The Bertz CT molecular complexity index is 1160. The minimum atomic E-state index is -0.110. The maximum atomic E-state index is 12.4. The molecular weight excluding hydrogens is 430 g/mol. The van der Waals surface area contributed by atoms with Crippen molar-refractivity contribution in [3.63, 3.8) is 0 Å². The van der Waals surface area contributed by atoms with E-state index in [0.717, 1.165) is 27.9 Å². The van der Waals surface area contributed by atoms with Gasteiger partial charge in [0.05, 0.1) is 24.8 Å². The predicted octanol–water partition coefficient (Wildman–Crippen LogP) is 5.93. The highest BCUT2D eigenvalue weighted by atomic mass is 35.5. The van der Waals surface area contributed by atoms with Crippen LogP contribution in [0.1, 0.15) is 0 Å². The van der Waals surface area contributed by atoms with Crippen LogP contribution >= 0.6 is 23.4 Å². The molecule has 0 aliphatic carbocycles. The Kier molecular flexibility index (Phi) is 6.60. The predicted molar refractivity (Wildman–Crippen MR) is 126 cm³/mol. The van der Waals surface area contributed by atoms with E-state index in [1.807, 2.05) is 60.8 Å². The lowest BCUT2D eigenvalue weighted by molar-refractivity contribution is -0.113. The maximum Gasteiger partial charge on any atom is 0.234 e. The normalized spacial score (nSPS) is 10.6. The molecule has 1 N–H and O–H groups in total.